The van der Waals surface area contributed by atoms with Crippen molar-refractivity contribution < 1.29 is 19.7 Å². The van der Waals surface area contributed by atoms with Gasteiger partial charge in [-0.1, -0.05) is 12.1 Å². The van der Waals surface area contributed by atoms with Crippen molar-refractivity contribution in [2.24, 2.45) is 0 Å². The predicted molar refractivity (Wildman–Crippen MR) is 85.6 cm³/mol. The van der Waals surface area contributed by atoms with Gasteiger partial charge in [0.25, 0.3) is 5.91 Å². The van der Waals surface area contributed by atoms with Gasteiger partial charge in [-0.3, -0.25) is 4.79 Å². The Morgan fingerprint density at radius 3 is 2.55 bits per heavy atom. The Kier molecular flexibility index (Phi) is 5.05. The number of hydrogen-bond donors (Lipinski definition) is 3. The summed E-state index contributed by atoms with van der Waals surface area (Å²) in [5, 5.41) is 22.3. The highest BCUT2D eigenvalue weighted by Gasteiger charge is 2.22. The van der Waals surface area contributed by atoms with Gasteiger partial charge in [-0.05, 0) is 37.6 Å². The van der Waals surface area contributed by atoms with Crippen LogP contribution < -0.4 is 10.1 Å². The normalized spacial score (nSPS) is 13.5. The topological polar surface area (TPSA) is 78.8 Å². The fourth-order valence-corrected chi connectivity index (χ4v) is 2.99. The molecule has 0 bridgehead atoms. The average molecular weight is 321 g/mol. The number of ether oxygens (including phenoxy) is 1. The van der Waals surface area contributed by atoms with E-state index in [-0.39, 0.29) is 11.7 Å². The van der Waals surface area contributed by atoms with Crippen LogP contribution in [-0.4, -0.2) is 29.3 Å². The molecule has 118 valence electrons. The van der Waals surface area contributed by atoms with E-state index in [1.54, 1.807) is 25.1 Å². The summed E-state index contributed by atoms with van der Waals surface area (Å²) in [6, 6.07) is 7.57. The van der Waals surface area contributed by atoms with Gasteiger partial charge in [-0.2, -0.15) is 0 Å². The molecule has 6 heteroatoms. The summed E-state index contributed by atoms with van der Waals surface area (Å²) >= 11 is 1.35. The Labute approximate surface area is 133 Å². The number of hydrogen-bond acceptors (Lipinski definition) is 5. The maximum Gasteiger partial charge on any atom is 0.265 e. The molecule has 2 atom stereocenters. The smallest absolute Gasteiger partial charge is 0.265 e. The number of rotatable bonds is 5. The van der Waals surface area contributed by atoms with E-state index in [0.717, 1.165) is 4.88 Å². The SMILES string of the molecule is COc1cc(C)sc1C(=O)N[C@H](C)[C@@H](O)c1ccc(O)cc1. The quantitative estimate of drug-likeness (QED) is 0.791. The number of amides is 1. The van der Waals surface area contributed by atoms with Crippen LogP contribution in [0.5, 0.6) is 11.5 Å². The lowest BCUT2D eigenvalue weighted by Crippen LogP contribution is -2.36. The third-order valence-corrected chi connectivity index (χ3v) is 4.34. The predicted octanol–water partition coefficient (Wildman–Crippen LogP) is 2.62. The fourth-order valence-electron chi connectivity index (χ4n) is 2.11. The van der Waals surface area contributed by atoms with E-state index in [0.29, 0.717) is 16.2 Å². The second-order valence-electron chi connectivity index (χ2n) is 5.05. The van der Waals surface area contributed by atoms with Gasteiger partial charge >= 0.3 is 0 Å². The molecule has 3 N–H and O–H groups in total. The van der Waals surface area contributed by atoms with Gasteiger partial charge in [-0.15, -0.1) is 11.3 Å². The van der Waals surface area contributed by atoms with E-state index in [4.69, 9.17) is 4.74 Å². The average Bonchev–Trinajstić information content (AvgIpc) is 2.88. The number of benzene rings is 1. The minimum absolute atomic E-state index is 0.131. The van der Waals surface area contributed by atoms with Crippen LogP contribution in [0.2, 0.25) is 0 Å². The van der Waals surface area contributed by atoms with Crippen LogP contribution >= 0.6 is 11.3 Å². The summed E-state index contributed by atoms with van der Waals surface area (Å²) in [5.74, 6) is 0.387. The number of thiophene rings is 1. The Morgan fingerprint density at radius 1 is 1.32 bits per heavy atom. The molecule has 0 aliphatic heterocycles. The first-order valence-electron chi connectivity index (χ1n) is 6.84. The van der Waals surface area contributed by atoms with Gasteiger partial charge < -0.3 is 20.3 Å². The lowest BCUT2D eigenvalue weighted by Gasteiger charge is -2.20. The molecular formula is C16H19NO4S. The third kappa shape index (κ3) is 3.58. The Hall–Kier alpha value is -2.05. The number of carbonyl (C=O) groups is 1. The number of aromatic hydroxyl groups is 1. The zero-order valence-electron chi connectivity index (χ0n) is 12.7. The van der Waals surface area contributed by atoms with Crippen molar-refractivity contribution >= 4 is 17.2 Å². The van der Waals surface area contributed by atoms with Crippen molar-refractivity contribution in [3.8, 4) is 11.5 Å². The van der Waals surface area contributed by atoms with Crippen molar-refractivity contribution in [2.45, 2.75) is 26.0 Å². The Balaban J connectivity index is 2.08. The summed E-state index contributed by atoms with van der Waals surface area (Å²) in [7, 11) is 1.52. The monoisotopic (exact) mass is 321 g/mol. The second-order valence-corrected chi connectivity index (χ2v) is 6.31. The highest BCUT2D eigenvalue weighted by Crippen LogP contribution is 2.29. The maximum atomic E-state index is 12.3. The number of nitrogens with one attached hydrogen (secondary N) is 1. The number of carbonyl (C=O) groups excluding carboxylic acids is 1. The molecule has 2 aromatic rings. The standard InChI is InChI=1S/C16H19NO4S/c1-9-8-13(21-3)15(22-9)16(20)17-10(2)14(19)11-4-6-12(18)7-5-11/h4-8,10,14,18-19H,1-3H3,(H,17,20)/t10-,14-/m1/s1. The molecule has 5 nitrogen and oxygen atoms in total. The molecule has 0 fully saturated rings. The van der Waals surface area contributed by atoms with Crippen LogP contribution in [0.4, 0.5) is 0 Å². The highest BCUT2D eigenvalue weighted by atomic mass is 32.1. The first-order valence-corrected chi connectivity index (χ1v) is 7.66. The largest absolute Gasteiger partial charge is 0.508 e. The molecule has 0 radical (unpaired) electrons. The third-order valence-electron chi connectivity index (χ3n) is 3.31. The number of aliphatic hydroxyl groups excluding tert-OH is 1. The van der Waals surface area contributed by atoms with Crippen molar-refractivity contribution in [3.05, 3.63) is 45.6 Å². The zero-order valence-corrected chi connectivity index (χ0v) is 13.5. The number of phenolic OH excluding ortho intramolecular Hbond substituents is 1. The van der Waals surface area contributed by atoms with Crippen molar-refractivity contribution in [1.29, 1.82) is 0 Å². The molecule has 0 aliphatic carbocycles. The lowest BCUT2D eigenvalue weighted by atomic mass is 10.0. The van der Waals surface area contributed by atoms with E-state index in [2.05, 4.69) is 5.32 Å². The van der Waals surface area contributed by atoms with Crippen molar-refractivity contribution in [1.82, 2.24) is 5.32 Å². The van der Waals surface area contributed by atoms with E-state index in [9.17, 15) is 15.0 Å². The molecule has 0 aliphatic rings. The summed E-state index contributed by atoms with van der Waals surface area (Å²) in [6.45, 7) is 3.63. The first kappa shape index (κ1) is 16.3. The van der Waals surface area contributed by atoms with Gasteiger partial charge in [0.15, 0.2) is 0 Å². The summed E-state index contributed by atoms with van der Waals surface area (Å²) in [6.07, 6.45) is -0.864. The van der Waals surface area contributed by atoms with Crippen LogP contribution in [-0.2, 0) is 0 Å². The molecule has 22 heavy (non-hydrogen) atoms. The van der Waals surface area contributed by atoms with Gasteiger partial charge in [0.1, 0.15) is 16.4 Å². The molecule has 0 unspecified atom stereocenters. The van der Waals surface area contributed by atoms with Crippen molar-refractivity contribution in [3.63, 3.8) is 0 Å². The summed E-state index contributed by atoms with van der Waals surface area (Å²) in [4.78, 5) is 13.8. The van der Waals surface area contributed by atoms with Crippen LogP contribution in [0.1, 0.15) is 33.1 Å². The van der Waals surface area contributed by atoms with E-state index in [1.807, 2.05) is 6.92 Å². The minimum Gasteiger partial charge on any atom is -0.508 e. The number of phenols is 1. The van der Waals surface area contributed by atoms with Crippen LogP contribution in [0.15, 0.2) is 30.3 Å². The number of aryl methyl sites for hydroxylation is 1. The Morgan fingerprint density at radius 2 is 1.95 bits per heavy atom. The van der Waals surface area contributed by atoms with E-state index < -0.39 is 12.1 Å². The Bertz CT molecular complexity index is 651. The minimum atomic E-state index is -0.864. The fraction of sp³-hybridized carbons (Fsp3) is 0.312. The highest BCUT2D eigenvalue weighted by molar-refractivity contribution is 7.14. The van der Waals surface area contributed by atoms with Crippen LogP contribution in [0.3, 0.4) is 0 Å². The number of aliphatic hydroxyl groups is 1. The summed E-state index contributed by atoms with van der Waals surface area (Å²) < 4.78 is 5.19. The van der Waals surface area contributed by atoms with Crippen LogP contribution in [0, 0.1) is 6.92 Å². The lowest BCUT2D eigenvalue weighted by molar-refractivity contribution is 0.0853. The van der Waals surface area contributed by atoms with Crippen molar-refractivity contribution in [2.75, 3.05) is 7.11 Å². The van der Waals surface area contributed by atoms with Crippen LogP contribution in [0.25, 0.3) is 0 Å². The van der Waals surface area contributed by atoms with Gasteiger partial charge in [0, 0.05) is 4.88 Å². The summed E-state index contributed by atoms with van der Waals surface area (Å²) in [5.41, 5.74) is 0.625. The second kappa shape index (κ2) is 6.81. The molecule has 1 aromatic carbocycles. The van der Waals surface area contributed by atoms with Gasteiger partial charge in [0.2, 0.25) is 0 Å². The molecule has 1 aromatic heterocycles. The molecule has 1 amide bonds. The molecular weight excluding hydrogens is 302 g/mol. The molecule has 0 spiro atoms. The van der Waals surface area contributed by atoms with Gasteiger partial charge in [-0.25, -0.2) is 0 Å². The zero-order chi connectivity index (χ0) is 16.3. The molecule has 1 heterocycles. The van der Waals surface area contributed by atoms with E-state index >= 15 is 0 Å². The van der Waals surface area contributed by atoms with Gasteiger partial charge in [0.05, 0.1) is 19.3 Å². The molecule has 2 rings (SSSR count). The number of methoxy groups -OCH3 is 1. The molecule has 0 saturated carbocycles. The molecule has 0 saturated heterocycles. The maximum absolute atomic E-state index is 12.3. The first-order chi connectivity index (χ1) is 10.4. The van der Waals surface area contributed by atoms with E-state index in [1.165, 1.54) is 30.6 Å².